The molecule has 0 spiro atoms. The SMILES string of the molecule is CCCCCCC(C#N)OCCO. The highest BCUT2D eigenvalue weighted by molar-refractivity contribution is 4.83. The summed E-state index contributed by atoms with van der Waals surface area (Å²) in [7, 11) is 0. The number of aliphatic hydroxyl groups is 1. The Labute approximate surface area is 80.3 Å². The normalized spacial score (nSPS) is 12.4. The van der Waals surface area contributed by atoms with Crippen LogP contribution in [0.25, 0.3) is 0 Å². The monoisotopic (exact) mass is 185 g/mol. The molecule has 76 valence electrons. The van der Waals surface area contributed by atoms with E-state index in [1.165, 1.54) is 12.8 Å². The topological polar surface area (TPSA) is 53.2 Å². The molecule has 0 aliphatic heterocycles. The van der Waals surface area contributed by atoms with Crippen LogP contribution in [0, 0.1) is 11.3 Å². The summed E-state index contributed by atoms with van der Waals surface area (Å²) >= 11 is 0. The minimum absolute atomic E-state index is 0.00681. The summed E-state index contributed by atoms with van der Waals surface area (Å²) in [5.41, 5.74) is 0. The number of hydrogen-bond acceptors (Lipinski definition) is 3. The van der Waals surface area contributed by atoms with Crippen LogP contribution in [0.4, 0.5) is 0 Å². The van der Waals surface area contributed by atoms with Crippen molar-refractivity contribution in [1.82, 2.24) is 0 Å². The summed E-state index contributed by atoms with van der Waals surface area (Å²) < 4.78 is 5.11. The molecule has 0 rings (SSSR count). The van der Waals surface area contributed by atoms with E-state index in [1.54, 1.807) is 0 Å². The lowest BCUT2D eigenvalue weighted by atomic mass is 10.1. The van der Waals surface area contributed by atoms with Crippen molar-refractivity contribution in [2.75, 3.05) is 13.2 Å². The van der Waals surface area contributed by atoms with E-state index in [1.807, 2.05) is 0 Å². The Morgan fingerprint density at radius 1 is 1.38 bits per heavy atom. The van der Waals surface area contributed by atoms with E-state index < -0.39 is 0 Å². The maximum atomic E-state index is 8.65. The molecule has 0 heterocycles. The van der Waals surface area contributed by atoms with Crippen molar-refractivity contribution < 1.29 is 9.84 Å². The number of ether oxygens (including phenoxy) is 1. The van der Waals surface area contributed by atoms with Gasteiger partial charge in [-0.3, -0.25) is 0 Å². The van der Waals surface area contributed by atoms with E-state index in [0.717, 1.165) is 19.3 Å². The van der Waals surface area contributed by atoms with Gasteiger partial charge in [-0.05, 0) is 12.8 Å². The number of unbranched alkanes of at least 4 members (excludes halogenated alkanes) is 3. The molecule has 0 aromatic rings. The van der Waals surface area contributed by atoms with Gasteiger partial charge in [0.2, 0.25) is 0 Å². The third kappa shape index (κ3) is 7.76. The fraction of sp³-hybridized carbons (Fsp3) is 0.900. The Morgan fingerprint density at radius 3 is 2.69 bits per heavy atom. The summed E-state index contributed by atoms with van der Waals surface area (Å²) in [5.74, 6) is 0. The van der Waals surface area contributed by atoms with Crippen LogP contribution < -0.4 is 0 Å². The van der Waals surface area contributed by atoms with Crippen LogP contribution >= 0.6 is 0 Å². The molecule has 1 atom stereocenters. The van der Waals surface area contributed by atoms with Crippen LogP contribution in [0.3, 0.4) is 0 Å². The zero-order valence-corrected chi connectivity index (χ0v) is 8.33. The zero-order valence-electron chi connectivity index (χ0n) is 8.33. The number of hydrogen-bond donors (Lipinski definition) is 1. The molecule has 1 N–H and O–H groups in total. The molecule has 0 saturated heterocycles. The second-order valence-corrected chi connectivity index (χ2v) is 3.06. The second kappa shape index (κ2) is 9.50. The number of aliphatic hydroxyl groups excluding tert-OH is 1. The minimum atomic E-state index is -0.330. The molecule has 0 saturated carbocycles. The van der Waals surface area contributed by atoms with Crippen molar-refractivity contribution in [3.8, 4) is 6.07 Å². The summed E-state index contributed by atoms with van der Waals surface area (Å²) in [6, 6.07) is 2.08. The summed E-state index contributed by atoms with van der Waals surface area (Å²) in [5, 5.41) is 17.1. The van der Waals surface area contributed by atoms with E-state index in [9.17, 15) is 0 Å². The molecule has 0 radical (unpaired) electrons. The van der Waals surface area contributed by atoms with Gasteiger partial charge in [0.15, 0.2) is 0 Å². The smallest absolute Gasteiger partial charge is 0.144 e. The van der Waals surface area contributed by atoms with Crippen LogP contribution in [0.5, 0.6) is 0 Å². The zero-order chi connectivity index (χ0) is 9.94. The molecule has 0 fully saturated rings. The molecule has 0 amide bonds. The Morgan fingerprint density at radius 2 is 2.15 bits per heavy atom. The van der Waals surface area contributed by atoms with Crippen LogP contribution in [0.15, 0.2) is 0 Å². The van der Waals surface area contributed by atoms with Crippen molar-refractivity contribution in [3.05, 3.63) is 0 Å². The molecule has 13 heavy (non-hydrogen) atoms. The molecule has 0 bridgehead atoms. The number of rotatable bonds is 8. The molecule has 3 nitrogen and oxygen atoms in total. The first kappa shape index (κ1) is 12.4. The van der Waals surface area contributed by atoms with E-state index >= 15 is 0 Å². The van der Waals surface area contributed by atoms with E-state index in [4.69, 9.17) is 15.1 Å². The van der Waals surface area contributed by atoms with Gasteiger partial charge in [0.1, 0.15) is 6.10 Å². The Balaban J connectivity index is 3.32. The summed E-state index contributed by atoms with van der Waals surface area (Å²) in [6.07, 6.45) is 5.09. The maximum absolute atomic E-state index is 8.65. The highest BCUT2D eigenvalue weighted by Gasteiger charge is 2.05. The Bertz CT molecular complexity index is 142. The average molecular weight is 185 g/mol. The lowest BCUT2D eigenvalue weighted by Crippen LogP contribution is -2.13. The van der Waals surface area contributed by atoms with Gasteiger partial charge < -0.3 is 9.84 Å². The van der Waals surface area contributed by atoms with Gasteiger partial charge in [0.05, 0.1) is 19.3 Å². The molecule has 3 heteroatoms. The predicted octanol–water partition coefficient (Wildman–Crippen LogP) is 1.86. The van der Waals surface area contributed by atoms with Gasteiger partial charge in [-0.1, -0.05) is 26.2 Å². The van der Waals surface area contributed by atoms with Crippen LogP contribution in [0.1, 0.15) is 39.0 Å². The fourth-order valence-corrected chi connectivity index (χ4v) is 1.14. The van der Waals surface area contributed by atoms with Gasteiger partial charge in [-0.15, -0.1) is 0 Å². The average Bonchev–Trinajstić information content (AvgIpc) is 2.17. The van der Waals surface area contributed by atoms with Gasteiger partial charge in [0, 0.05) is 0 Å². The number of nitriles is 1. The van der Waals surface area contributed by atoms with Gasteiger partial charge in [-0.25, -0.2) is 0 Å². The predicted molar refractivity (Wildman–Crippen MR) is 51.2 cm³/mol. The van der Waals surface area contributed by atoms with Gasteiger partial charge in [-0.2, -0.15) is 5.26 Å². The number of nitrogens with zero attached hydrogens (tertiary/aromatic N) is 1. The quantitative estimate of drug-likeness (QED) is 0.587. The second-order valence-electron chi connectivity index (χ2n) is 3.06. The molecule has 0 aliphatic carbocycles. The first-order valence-electron chi connectivity index (χ1n) is 4.97. The fourth-order valence-electron chi connectivity index (χ4n) is 1.14. The van der Waals surface area contributed by atoms with Gasteiger partial charge >= 0.3 is 0 Å². The molecular formula is C10H19NO2. The summed E-state index contributed by atoms with van der Waals surface area (Å²) in [4.78, 5) is 0. The lowest BCUT2D eigenvalue weighted by molar-refractivity contribution is 0.0529. The van der Waals surface area contributed by atoms with E-state index in [-0.39, 0.29) is 19.3 Å². The molecule has 0 aromatic heterocycles. The van der Waals surface area contributed by atoms with Crippen molar-refractivity contribution in [3.63, 3.8) is 0 Å². The van der Waals surface area contributed by atoms with Crippen molar-refractivity contribution in [2.24, 2.45) is 0 Å². The highest BCUT2D eigenvalue weighted by Crippen LogP contribution is 2.07. The largest absolute Gasteiger partial charge is 0.394 e. The third-order valence-electron chi connectivity index (χ3n) is 1.87. The summed E-state index contributed by atoms with van der Waals surface area (Å²) in [6.45, 7) is 2.42. The van der Waals surface area contributed by atoms with Crippen molar-refractivity contribution in [2.45, 2.75) is 45.1 Å². The highest BCUT2D eigenvalue weighted by atomic mass is 16.5. The standard InChI is InChI=1S/C10H19NO2/c1-2-3-4-5-6-10(9-11)13-8-7-12/h10,12H,2-8H2,1H3. The Kier molecular flexibility index (Phi) is 9.07. The van der Waals surface area contributed by atoms with E-state index in [2.05, 4.69) is 13.0 Å². The third-order valence-corrected chi connectivity index (χ3v) is 1.87. The van der Waals surface area contributed by atoms with Crippen molar-refractivity contribution >= 4 is 0 Å². The minimum Gasteiger partial charge on any atom is -0.394 e. The van der Waals surface area contributed by atoms with Gasteiger partial charge in [0.25, 0.3) is 0 Å². The van der Waals surface area contributed by atoms with Crippen LogP contribution in [-0.2, 0) is 4.74 Å². The maximum Gasteiger partial charge on any atom is 0.144 e. The molecule has 1 unspecified atom stereocenters. The first-order valence-corrected chi connectivity index (χ1v) is 4.97. The first-order chi connectivity index (χ1) is 6.35. The lowest BCUT2D eigenvalue weighted by Gasteiger charge is -2.08. The van der Waals surface area contributed by atoms with Crippen molar-refractivity contribution in [1.29, 1.82) is 5.26 Å². The van der Waals surface area contributed by atoms with Crippen LogP contribution in [-0.4, -0.2) is 24.4 Å². The molecular weight excluding hydrogens is 166 g/mol. The van der Waals surface area contributed by atoms with E-state index in [0.29, 0.717) is 0 Å². The van der Waals surface area contributed by atoms with Crippen LogP contribution in [0.2, 0.25) is 0 Å². The molecule has 0 aliphatic rings. The molecule has 0 aromatic carbocycles. The Hall–Kier alpha value is -0.590.